The first-order valence-corrected chi connectivity index (χ1v) is 14.2. The molecule has 12 nitrogen and oxygen atoms in total. The lowest BCUT2D eigenvalue weighted by Crippen LogP contribution is -2.50. The van der Waals surface area contributed by atoms with Crippen molar-refractivity contribution in [2.45, 2.75) is 31.0 Å². The number of imidazole rings is 1. The lowest BCUT2D eigenvalue weighted by atomic mass is 9.99. The average molecular weight is 571 g/mol. The number of ether oxygens (including phenoxy) is 1. The molecule has 0 saturated carbocycles. The van der Waals surface area contributed by atoms with Gasteiger partial charge >= 0.3 is 6.03 Å². The molecule has 0 spiro atoms. The molecule has 1 aliphatic heterocycles. The minimum absolute atomic E-state index is 0.00542. The van der Waals surface area contributed by atoms with Crippen molar-refractivity contribution >= 4 is 33.3 Å². The number of amides is 3. The monoisotopic (exact) mass is 570 g/mol. The van der Waals surface area contributed by atoms with E-state index in [0.717, 1.165) is 0 Å². The van der Waals surface area contributed by atoms with E-state index in [0.29, 0.717) is 11.4 Å². The highest BCUT2D eigenvalue weighted by molar-refractivity contribution is 7.89. The molecule has 0 bridgehead atoms. The predicted molar refractivity (Wildman–Crippen MR) is 150 cm³/mol. The maximum atomic E-state index is 13.6. The van der Waals surface area contributed by atoms with Crippen molar-refractivity contribution in [3.05, 3.63) is 66.6 Å². The molecule has 1 aromatic heterocycles. The summed E-state index contributed by atoms with van der Waals surface area (Å²) in [6.45, 7) is 3.55. The van der Waals surface area contributed by atoms with Crippen LogP contribution in [0, 0.1) is 5.92 Å². The van der Waals surface area contributed by atoms with Crippen LogP contribution in [0.5, 0.6) is 5.75 Å². The number of aromatic nitrogens is 2. The molecule has 4 rings (SSSR count). The van der Waals surface area contributed by atoms with Crippen molar-refractivity contribution in [3.63, 3.8) is 0 Å². The van der Waals surface area contributed by atoms with Crippen LogP contribution in [0.3, 0.4) is 0 Å². The molecule has 0 fully saturated rings. The van der Waals surface area contributed by atoms with Gasteiger partial charge in [0.25, 0.3) is 15.9 Å². The van der Waals surface area contributed by atoms with Crippen LogP contribution < -0.4 is 15.4 Å². The summed E-state index contributed by atoms with van der Waals surface area (Å²) >= 11 is 0. The van der Waals surface area contributed by atoms with Gasteiger partial charge in [0, 0.05) is 44.1 Å². The third-order valence-electron chi connectivity index (χ3n) is 6.75. The second-order valence-electron chi connectivity index (χ2n) is 9.94. The number of carbonyl (C=O) groups excluding carboxylic acids is 2. The SMILES string of the molecule is C[C@H]1CN([C@@H](C)CO)C(=O)c2cc(NC(=O)Nc3ccccc3)ccc2O[C@H]1CN(C)S(=O)(=O)c1cn(C)cn1. The molecule has 3 atom stereocenters. The summed E-state index contributed by atoms with van der Waals surface area (Å²) < 4.78 is 35.3. The van der Waals surface area contributed by atoms with Crippen molar-refractivity contribution in [2.24, 2.45) is 13.0 Å². The maximum absolute atomic E-state index is 13.6. The van der Waals surface area contributed by atoms with Gasteiger partial charge in [0.2, 0.25) is 0 Å². The first-order chi connectivity index (χ1) is 19.0. The number of aliphatic hydroxyl groups excluding tert-OH is 1. The number of aliphatic hydroxyl groups is 1. The van der Waals surface area contributed by atoms with Crippen LogP contribution in [-0.4, -0.2) is 83.1 Å². The zero-order valence-electron chi connectivity index (χ0n) is 22.8. The van der Waals surface area contributed by atoms with Gasteiger partial charge < -0.3 is 29.9 Å². The van der Waals surface area contributed by atoms with Gasteiger partial charge in [-0.05, 0) is 37.3 Å². The van der Waals surface area contributed by atoms with E-state index in [1.165, 1.54) is 29.9 Å². The molecule has 2 heterocycles. The number of para-hydroxylation sites is 1. The van der Waals surface area contributed by atoms with E-state index in [1.807, 2.05) is 13.0 Å². The number of urea groups is 1. The van der Waals surface area contributed by atoms with Gasteiger partial charge in [-0.25, -0.2) is 18.2 Å². The number of likely N-dealkylation sites (N-methyl/N-ethyl adjacent to an activating group) is 1. The summed E-state index contributed by atoms with van der Waals surface area (Å²) in [5.74, 6) is -0.417. The molecule has 0 radical (unpaired) electrons. The minimum Gasteiger partial charge on any atom is -0.488 e. The largest absolute Gasteiger partial charge is 0.488 e. The summed E-state index contributed by atoms with van der Waals surface area (Å²) in [5.41, 5.74) is 1.15. The van der Waals surface area contributed by atoms with Crippen LogP contribution in [-0.2, 0) is 17.1 Å². The quantitative estimate of drug-likeness (QED) is 0.377. The van der Waals surface area contributed by atoms with E-state index in [9.17, 15) is 23.1 Å². The average Bonchev–Trinajstić information content (AvgIpc) is 3.38. The van der Waals surface area contributed by atoms with Crippen molar-refractivity contribution in [2.75, 3.05) is 37.4 Å². The van der Waals surface area contributed by atoms with Crippen molar-refractivity contribution in [1.82, 2.24) is 18.8 Å². The molecule has 3 amide bonds. The van der Waals surface area contributed by atoms with Gasteiger partial charge in [-0.3, -0.25) is 4.79 Å². The lowest BCUT2D eigenvalue weighted by molar-refractivity contribution is 0.0387. The van der Waals surface area contributed by atoms with Gasteiger partial charge in [-0.1, -0.05) is 25.1 Å². The van der Waals surface area contributed by atoms with Gasteiger partial charge in [0.1, 0.15) is 11.9 Å². The topological polar surface area (TPSA) is 146 Å². The van der Waals surface area contributed by atoms with Gasteiger partial charge in [0.15, 0.2) is 5.03 Å². The molecule has 214 valence electrons. The van der Waals surface area contributed by atoms with Crippen molar-refractivity contribution in [1.29, 1.82) is 0 Å². The van der Waals surface area contributed by atoms with Gasteiger partial charge in [-0.15, -0.1) is 0 Å². The number of nitrogens with one attached hydrogen (secondary N) is 2. The first kappa shape index (κ1) is 29.1. The summed E-state index contributed by atoms with van der Waals surface area (Å²) in [4.78, 5) is 31.7. The van der Waals surface area contributed by atoms with Gasteiger partial charge in [0.05, 0.1) is 31.1 Å². The molecule has 3 aromatic rings. The van der Waals surface area contributed by atoms with Crippen LogP contribution in [0.2, 0.25) is 0 Å². The maximum Gasteiger partial charge on any atom is 0.323 e. The highest BCUT2D eigenvalue weighted by Crippen LogP contribution is 2.31. The van der Waals surface area contributed by atoms with Crippen molar-refractivity contribution < 1.29 is 27.9 Å². The number of fused-ring (bicyclic) bond motifs is 1. The Kier molecular flexibility index (Phi) is 8.76. The fourth-order valence-electron chi connectivity index (χ4n) is 4.37. The minimum atomic E-state index is -3.88. The molecule has 1 aliphatic rings. The first-order valence-electron chi connectivity index (χ1n) is 12.8. The zero-order valence-corrected chi connectivity index (χ0v) is 23.6. The fourth-order valence-corrected chi connectivity index (χ4v) is 5.51. The van der Waals surface area contributed by atoms with Crippen LogP contribution in [0.25, 0.3) is 0 Å². The standard InChI is InChI=1S/C27H34N6O6S/c1-18-13-33(19(2)16-34)26(35)22-12-21(30-27(36)29-20-8-6-5-7-9-20)10-11-23(22)39-24(18)14-32(4)40(37,38)25-15-31(3)17-28-25/h5-12,15,17-19,24,34H,13-14,16H2,1-4H3,(H2,29,30,36)/t18-,19-,24-/m0/s1. The number of nitrogens with zero attached hydrogens (tertiary/aromatic N) is 4. The summed E-state index contributed by atoms with van der Waals surface area (Å²) in [6.07, 6.45) is 2.20. The Hall–Kier alpha value is -3.94. The van der Waals surface area contributed by atoms with E-state index in [2.05, 4.69) is 15.6 Å². The summed E-state index contributed by atoms with van der Waals surface area (Å²) in [5, 5.41) is 15.2. The van der Waals surface area contributed by atoms with E-state index in [-0.39, 0.29) is 47.9 Å². The number of hydrogen-bond acceptors (Lipinski definition) is 7. The molecule has 0 aliphatic carbocycles. The fraction of sp³-hybridized carbons (Fsp3) is 0.370. The molecular weight excluding hydrogens is 536 g/mol. The smallest absolute Gasteiger partial charge is 0.323 e. The third kappa shape index (κ3) is 6.43. The molecule has 3 N–H and O–H groups in total. The predicted octanol–water partition coefficient (Wildman–Crippen LogP) is 2.60. The molecule has 40 heavy (non-hydrogen) atoms. The Bertz CT molecular complexity index is 1460. The Labute approximate surface area is 233 Å². The second-order valence-corrected chi connectivity index (χ2v) is 11.9. The molecule has 2 aromatic carbocycles. The Morgan fingerprint density at radius 1 is 1.20 bits per heavy atom. The molecular formula is C27H34N6O6S. The van der Waals surface area contributed by atoms with Crippen molar-refractivity contribution in [3.8, 4) is 5.75 Å². The van der Waals surface area contributed by atoms with E-state index >= 15 is 0 Å². The lowest BCUT2D eigenvalue weighted by Gasteiger charge is -2.38. The summed E-state index contributed by atoms with van der Waals surface area (Å²) in [6, 6.07) is 12.6. The summed E-state index contributed by atoms with van der Waals surface area (Å²) in [7, 11) is -0.743. The highest BCUT2D eigenvalue weighted by atomic mass is 32.2. The number of benzene rings is 2. The van der Waals surface area contributed by atoms with Crippen LogP contribution >= 0.6 is 0 Å². The Morgan fingerprint density at radius 2 is 1.90 bits per heavy atom. The number of rotatable bonds is 8. The third-order valence-corrected chi connectivity index (χ3v) is 8.46. The van der Waals surface area contributed by atoms with Crippen LogP contribution in [0.15, 0.2) is 66.1 Å². The molecule has 13 heteroatoms. The molecule has 0 unspecified atom stereocenters. The number of carbonyl (C=O) groups is 2. The Balaban J connectivity index is 1.61. The Morgan fingerprint density at radius 3 is 2.55 bits per heavy atom. The highest BCUT2D eigenvalue weighted by Gasteiger charge is 2.35. The van der Waals surface area contributed by atoms with Crippen LogP contribution in [0.1, 0.15) is 24.2 Å². The van der Waals surface area contributed by atoms with E-state index in [4.69, 9.17) is 4.74 Å². The van der Waals surface area contributed by atoms with Gasteiger partial charge in [-0.2, -0.15) is 4.31 Å². The number of sulfonamides is 1. The second kappa shape index (κ2) is 12.1. The zero-order chi connectivity index (χ0) is 29.0. The molecule has 0 saturated heterocycles. The van der Waals surface area contributed by atoms with E-state index < -0.39 is 28.2 Å². The van der Waals surface area contributed by atoms with E-state index in [1.54, 1.807) is 59.8 Å². The van der Waals surface area contributed by atoms with Crippen LogP contribution in [0.4, 0.5) is 16.2 Å². The number of anilines is 2. The number of hydrogen-bond donors (Lipinski definition) is 3. The number of aryl methyl sites for hydroxylation is 1. The normalized spacial score (nSPS) is 18.4.